The van der Waals surface area contributed by atoms with Gasteiger partial charge >= 0.3 is 12.2 Å². The topological polar surface area (TPSA) is 164 Å². The number of fused-ring (bicyclic) bond motifs is 7. The number of aromatic nitrogens is 4. The summed E-state index contributed by atoms with van der Waals surface area (Å²) < 4.78 is 22.5. The fraction of sp³-hybridized carbons (Fsp3) is 0.477. The number of rotatable bonds is 8. The second-order valence-corrected chi connectivity index (χ2v) is 17.6. The zero-order valence-electron chi connectivity index (χ0n) is 34.0. The van der Waals surface area contributed by atoms with Crippen LogP contribution in [0.1, 0.15) is 83.2 Å². The van der Waals surface area contributed by atoms with Crippen molar-refractivity contribution in [2.75, 3.05) is 27.4 Å². The van der Waals surface area contributed by atoms with E-state index in [1.54, 1.807) is 12.0 Å². The molecular weight excluding hydrogens is 739 g/mol. The van der Waals surface area contributed by atoms with Crippen molar-refractivity contribution in [3.63, 3.8) is 0 Å². The number of methoxy groups -OCH3 is 2. The normalized spacial score (nSPS) is 22.7. The molecule has 58 heavy (non-hydrogen) atoms. The molecule has 3 amide bonds. The number of alkyl carbamates (subject to hydrolysis) is 1. The molecule has 1 aliphatic carbocycles. The van der Waals surface area contributed by atoms with Gasteiger partial charge in [-0.25, -0.2) is 19.6 Å². The smallest absolute Gasteiger partial charge is 0.410 e. The number of likely N-dealkylation sites (tertiary alicyclic amines) is 2. The third-order valence-corrected chi connectivity index (χ3v) is 12.1. The van der Waals surface area contributed by atoms with E-state index in [0.717, 1.165) is 86.4 Å². The zero-order chi connectivity index (χ0) is 40.6. The molecule has 6 atom stereocenters. The van der Waals surface area contributed by atoms with E-state index in [2.05, 4.69) is 51.7 Å². The Morgan fingerprint density at radius 3 is 2.57 bits per heavy atom. The Morgan fingerprint density at radius 2 is 1.81 bits per heavy atom. The summed E-state index contributed by atoms with van der Waals surface area (Å²) in [5, 5.41) is 4.80. The zero-order valence-corrected chi connectivity index (χ0v) is 34.0. The van der Waals surface area contributed by atoms with Crippen LogP contribution >= 0.6 is 0 Å². The van der Waals surface area contributed by atoms with Crippen molar-refractivity contribution >= 4 is 39.9 Å². The monoisotopic (exact) mass is 789 g/mol. The predicted octanol–water partition coefficient (Wildman–Crippen LogP) is 7.65. The van der Waals surface area contributed by atoms with Crippen LogP contribution in [0.15, 0.2) is 48.7 Å². The number of ether oxygens (including phenoxy) is 4. The van der Waals surface area contributed by atoms with Gasteiger partial charge < -0.3 is 39.1 Å². The molecule has 5 aromatic rings. The molecule has 9 rings (SSSR count). The molecule has 14 heteroatoms. The number of hydrogen-bond acceptors (Lipinski definition) is 9. The van der Waals surface area contributed by atoms with Crippen LogP contribution in [0.5, 0.6) is 5.75 Å². The van der Waals surface area contributed by atoms with Crippen LogP contribution < -0.4 is 10.1 Å². The number of amides is 3. The largest absolute Gasteiger partial charge is 0.488 e. The molecule has 3 aliphatic heterocycles. The predicted molar refractivity (Wildman–Crippen MR) is 217 cm³/mol. The maximum atomic E-state index is 14.0. The maximum absolute atomic E-state index is 14.0. The third kappa shape index (κ3) is 6.80. The Balaban J connectivity index is 0.977. The number of hydrogen-bond donors (Lipinski definition) is 3. The molecule has 0 spiro atoms. The van der Waals surface area contributed by atoms with E-state index in [-0.39, 0.29) is 42.0 Å². The van der Waals surface area contributed by atoms with Gasteiger partial charge in [-0.1, -0.05) is 32.0 Å². The van der Waals surface area contributed by atoms with Crippen LogP contribution in [0.25, 0.3) is 44.2 Å². The van der Waals surface area contributed by atoms with Crippen LogP contribution in [0, 0.1) is 17.8 Å². The van der Waals surface area contributed by atoms with Crippen molar-refractivity contribution in [2.45, 2.75) is 90.3 Å². The molecule has 0 radical (unpaired) electrons. The summed E-state index contributed by atoms with van der Waals surface area (Å²) in [7, 11) is 2.99. The minimum atomic E-state index is -0.692. The van der Waals surface area contributed by atoms with Gasteiger partial charge in [0.2, 0.25) is 5.91 Å². The molecule has 4 aliphatic rings. The number of nitrogens with one attached hydrogen (secondary N) is 3. The lowest BCUT2D eigenvalue weighted by Gasteiger charge is -2.31. The highest BCUT2D eigenvalue weighted by Gasteiger charge is 2.56. The molecule has 3 N–H and O–H groups in total. The van der Waals surface area contributed by atoms with E-state index >= 15 is 0 Å². The highest BCUT2D eigenvalue weighted by Crippen LogP contribution is 2.54. The number of H-pyrrole nitrogens is 2. The van der Waals surface area contributed by atoms with E-state index in [9.17, 15) is 14.4 Å². The number of piperidine rings is 1. The number of imidazole rings is 2. The highest BCUT2D eigenvalue weighted by molar-refractivity contribution is 6.07. The van der Waals surface area contributed by atoms with Crippen molar-refractivity contribution in [1.29, 1.82) is 0 Å². The Labute approximate surface area is 337 Å². The Kier molecular flexibility index (Phi) is 9.37. The Morgan fingerprint density at radius 1 is 0.983 bits per heavy atom. The minimum Gasteiger partial charge on any atom is -0.488 e. The van der Waals surface area contributed by atoms with Gasteiger partial charge in [-0.15, -0.1) is 0 Å². The minimum absolute atomic E-state index is 0.104. The van der Waals surface area contributed by atoms with E-state index in [4.69, 9.17) is 28.9 Å². The molecular formula is C44H51N7O7. The van der Waals surface area contributed by atoms with Gasteiger partial charge in [0.25, 0.3) is 0 Å². The summed E-state index contributed by atoms with van der Waals surface area (Å²) in [5.74, 6) is 2.66. The molecule has 2 aromatic heterocycles. The summed E-state index contributed by atoms with van der Waals surface area (Å²) in [6.45, 7) is 11.0. The molecule has 2 saturated heterocycles. The first-order chi connectivity index (χ1) is 27.8. The number of carbonyl (C=O) groups is 3. The SMILES string of the molecule is COC[C@H]1C[C@@H](c2ncc(-c3ccc4c(c3)COc3cc5c(ccc6nc([C@@H]7C[C@H]8C[C@H]8N7C(=O)[C@@H](NC(=O)OC)C(C)C)[nH]c65)cc3-4)[nH]2)N(C(=O)OC(C)(C)C)C1. The average Bonchev–Trinajstić information content (AvgIpc) is 3.66. The van der Waals surface area contributed by atoms with Crippen LogP contribution in [-0.4, -0.2) is 92.9 Å². The molecule has 3 aromatic carbocycles. The number of nitrogens with zero attached hydrogens (tertiary/aromatic N) is 4. The summed E-state index contributed by atoms with van der Waals surface area (Å²) in [6, 6.07) is 13.7. The highest BCUT2D eigenvalue weighted by atomic mass is 16.6. The fourth-order valence-electron chi connectivity index (χ4n) is 9.23. The van der Waals surface area contributed by atoms with Crippen LogP contribution in [0.4, 0.5) is 9.59 Å². The molecule has 14 nitrogen and oxygen atoms in total. The molecule has 3 fully saturated rings. The van der Waals surface area contributed by atoms with Crippen molar-refractivity contribution in [3.8, 4) is 28.1 Å². The van der Waals surface area contributed by atoms with Crippen molar-refractivity contribution < 1.29 is 33.3 Å². The number of carbonyl (C=O) groups excluding carboxylic acids is 3. The first-order valence-electron chi connectivity index (χ1n) is 20.2. The van der Waals surface area contributed by atoms with Gasteiger partial charge in [0.1, 0.15) is 35.6 Å². The average molecular weight is 790 g/mol. The Bertz CT molecular complexity index is 2430. The molecule has 304 valence electrons. The van der Waals surface area contributed by atoms with Gasteiger partial charge in [-0.05, 0) is 98.2 Å². The number of aromatic amines is 2. The summed E-state index contributed by atoms with van der Waals surface area (Å²) in [4.78, 5) is 60.0. The van der Waals surface area contributed by atoms with E-state index < -0.39 is 17.7 Å². The van der Waals surface area contributed by atoms with Crippen LogP contribution in [0.2, 0.25) is 0 Å². The second-order valence-electron chi connectivity index (χ2n) is 17.6. The summed E-state index contributed by atoms with van der Waals surface area (Å²) >= 11 is 0. The lowest BCUT2D eigenvalue weighted by atomic mass is 9.92. The van der Waals surface area contributed by atoms with Crippen LogP contribution in [0.3, 0.4) is 0 Å². The standard InChI is InChI=1S/C44H51N7O7/c1-22(2)37(49-42(53)56-7)41(52)51-33-15-26(33)16-35(51)40-46-31-11-9-24-14-30-28-10-8-25(13-27(28)21-57-36(30)17-29(24)38(31)48-40)32-18-45-39(47-32)34-12-23(20-55-6)19-50(34)43(54)58-44(3,4)5/h8-11,13-14,17-18,22-23,26,33-35,37H,12,15-16,19-21H2,1-7H3,(H,45,47)(H,46,48)(H,49,53)/t23-,26+,33+,34-,35-,37-/m0/s1. The first kappa shape index (κ1) is 37.9. The molecule has 0 unspecified atom stereocenters. The quantitative estimate of drug-likeness (QED) is 0.143. The van der Waals surface area contributed by atoms with Gasteiger partial charge in [-0.3, -0.25) is 9.69 Å². The lowest BCUT2D eigenvalue weighted by Crippen LogP contribution is -2.52. The number of benzene rings is 3. The molecule has 1 saturated carbocycles. The summed E-state index contributed by atoms with van der Waals surface area (Å²) in [5.41, 5.74) is 6.13. The second kappa shape index (κ2) is 14.3. The van der Waals surface area contributed by atoms with E-state index in [0.29, 0.717) is 25.7 Å². The summed E-state index contributed by atoms with van der Waals surface area (Å²) in [6.07, 6.45) is 3.38. The maximum Gasteiger partial charge on any atom is 0.410 e. The molecule has 5 heterocycles. The van der Waals surface area contributed by atoms with Gasteiger partial charge in [0, 0.05) is 36.6 Å². The van der Waals surface area contributed by atoms with Gasteiger partial charge in [-0.2, -0.15) is 0 Å². The third-order valence-electron chi connectivity index (χ3n) is 12.1. The Hall–Kier alpha value is -5.63. The van der Waals surface area contributed by atoms with Crippen LogP contribution in [-0.2, 0) is 25.6 Å². The van der Waals surface area contributed by atoms with Crippen molar-refractivity contribution in [2.24, 2.45) is 17.8 Å². The fourth-order valence-corrected chi connectivity index (χ4v) is 9.23. The van der Waals surface area contributed by atoms with Crippen molar-refractivity contribution in [3.05, 3.63) is 65.9 Å². The van der Waals surface area contributed by atoms with E-state index in [1.165, 1.54) is 7.11 Å². The van der Waals surface area contributed by atoms with E-state index in [1.807, 2.05) is 51.8 Å². The van der Waals surface area contributed by atoms with Crippen molar-refractivity contribution in [1.82, 2.24) is 35.1 Å². The lowest BCUT2D eigenvalue weighted by molar-refractivity contribution is -0.136. The first-order valence-corrected chi connectivity index (χ1v) is 20.2. The van der Waals surface area contributed by atoms with Gasteiger partial charge in [0.15, 0.2) is 0 Å². The van der Waals surface area contributed by atoms with Gasteiger partial charge in [0.05, 0.1) is 48.7 Å². The molecule has 0 bridgehead atoms.